The van der Waals surface area contributed by atoms with Crippen molar-refractivity contribution in [2.45, 2.75) is 71.9 Å². The highest BCUT2D eigenvalue weighted by Gasteiger charge is 2.25. The van der Waals surface area contributed by atoms with Crippen LogP contribution in [0.2, 0.25) is 0 Å². The molecule has 170 valence electrons. The van der Waals surface area contributed by atoms with Crippen molar-refractivity contribution in [3.63, 3.8) is 0 Å². The fourth-order valence-corrected chi connectivity index (χ4v) is 4.97. The lowest BCUT2D eigenvalue weighted by Gasteiger charge is -2.29. The van der Waals surface area contributed by atoms with Crippen molar-refractivity contribution >= 4 is 17.3 Å². The maximum atomic E-state index is 11.6. The Hall–Kier alpha value is -2.48. The molecule has 1 N–H and O–H groups in total. The third-order valence-corrected chi connectivity index (χ3v) is 6.91. The molecular formula is C25H29NO5S. The number of hydrogen-bond acceptors (Lipinski definition) is 6. The van der Waals surface area contributed by atoms with Gasteiger partial charge in [-0.3, -0.25) is 0 Å². The zero-order valence-corrected chi connectivity index (χ0v) is 19.5. The molecule has 0 bridgehead atoms. The number of aromatic nitrogens is 1. The Bertz CT molecular complexity index is 1090. The van der Waals surface area contributed by atoms with Gasteiger partial charge in [-0.25, -0.2) is 9.78 Å². The van der Waals surface area contributed by atoms with Gasteiger partial charge in [-0.05, 0) is 69.7 Å². The van der Waals surface area contributed by atoms with Crippen LogP contribution in [-0.2, 0) is 22.7 Å². The number of aryl methyl sites for hydroxylation is 3. The molecule has 2 atom stereocenters. The van der Waals surface area contributed by atoms with Crippen LogP contribution in [0.1, 0.15) is 63.5 Å². The number of aromatic carboxylic acids is 1. The lowest BCUT2D eigenvalue weighted by atomic mass is 9.94. The molecule has 7 heteroatoms. The van der Waals surface area contributed by atoms with Crippen molar-refractivity contribution in [2.75, 3.05) is 0 Å². The molecule has 2 aromatic heterocycles. The van der Waals surface area contributed by atoms with Gasteiger partial charge in [0.15, 0.2) is 0 Å². The molecule has 0 spiro atoms. The van der Waals surface area contributed by atoms with E-state index in [0.29, 0.717) is 24.7 Å². The van der Waals surface area contributed by atoms with Gasteiger partial charge in [0.05, 0.1) is 35.9 Å². The first-order valence-corrected chi connectivity index (χ1v) is 11.8. The molecule has 6 nitrogen and oxygen atoms in total. The molecule has 2 heterocycles. The second-order valence-corrected chi connectivity index (χ2v) is 9.67. The molecule has 32 heavy (non-hydrogen) atoms. The van der Waals surface area contributed by atoms with Crippen LogP contribution in [0.3, 0.4) is 0 Å². The molecule has 0 saturated heterocycles. The van der Waals surface area contributed by atoms with Gasteiger partial charge in [0, 0.05) is 4.88 Å². The third kappa shape index (κ3) is 5.28. The molecule has 1 fully saturated rings. The number of rotatable bonds is 8. The first-order chi connectivity index (χ1) is 15.4. The summed E-state index contributed by atoms with van der Waals surface area (Å²) in [6.07, 6.45) is 3.90. The van der Waals surface area contributed by atoms with Crippen molar-refractivity contribution in [3.05, 3.63) is 63.4 Å². The van der Waals surface area contributed by atoms with Crippen LogP contribution in [0.4, 0.5) is 0 Å². The maximum Gasteiger partial charge on any atom is 0.336 e. The van der Waals surface area contributed by atoms with Crippen molar-refractivity contribution in [2.24, 2.45) is 0 Å². The summed E-state index contributed by atoms with van der Waals surface area (Å²) in [6, 6.07) is 9.61. The van der Waals surface area contributed by atoms with Crippen LogP contribution in [0.15, 0.2) is 34.7 Å². The van der Waals surface area contributed by atoms with Gasteiger partial charge in [0.1, 0.15) is 11.5 Å². The molecule has 1 aromatic carbocycles. The fourth-order valence-electron chi connectivity index (χ4n) is 4.18. The molecule has 4 rings (SSSR count). The van der Waals surface area contributed by atoms with E-state index in [9.17, 15) is 9.90 Å². The van der Waals surface area contributed by atoms with Gasteiger partial charge in [-0.2, -0.15) is 0 Å². The summed E-state index contributed by atoms with van der Waals surface area (Å²) >= 11 is 1.67. The summed E-state index contributed by atoms with van der Waals surface area (Å²) in [5.74, 6) is 0.526. The third-order valence-electron chi connectivity index (χ3n) is 5.93. The average molecular weight is 456 g/mol. The van der Waals surface area contributed by atoms with E-state index < -0.39 is 5.97 Å². The molecule has 1 aliphatic rings. The number of oxazole rings is 1. The van der Waals surface area contributed by atoms with Gasteiger partial charge in [-0.1, -0.05) is 18.2 Å². The summed E-state index contributed by atoms with van der Waals surface area (Å²) in [7, 11) is 0. The van der Waals surface area contributed by atoms with Crippen LogP contribution in [0, 0.1) is 20.8 Å². The lowest BCUT2D eigenvalue weighted by molar-refractivity contribution is -0.0564. The van der Waals surface area contributed by atoms with Crippen molar-refractivity contribution in [1.29, 1.82) is 0 Å². The normalized spacial score (nSPS) is 18.7. The summed E-state index contributed by atoms with van der Waals surface area (Å²) in [5.41, 5.74) is 2.65. The van der Waals surface area contributed by atoms with E-state index >= 15 is 0 Å². The summed E-state index contributed by atoms with van der Waals surface area (Å²) in [4.78, 5) is 18.5. The summed E-state index contributed by atoms with van der Waals surface area (Å²) in [6.45, 7) is 6.51. The minimum atomic E-state index is -0.911. The quantitative estimate of drug-likeness (QED) is 0.444. The Kier molecular flexibility index (Phi) is 7.08. The van der Waals surface area contributed by atoms with Crippen molar-refractivity contribution < 1.29 is 23.8 Å². The number of carbonyl (C=O) groups is 1. The molecule has 1 aliphatic carbocycles. The van der Waals surface area contributed by atoms with E-state index in [1.54, 1.807) is 11.3 Å². The highest BCUT2D eigenvalue weighted by Crippen LogP contribution is 2.30. The number of nitrogens with zero attached hydrogens (tertiary/aromatic N) is 1. The van der Waals surface area contributed by atoms with Crippen LogP contribution in [0.25, 0.3) is 10.8 Å². The number of carboxylic acid groups (broad SMARTS) is 1. The van der Waals surface area contributed by atoms with Crippen LogP contribution < -0.4 is 0 Å². The molecule has 0 radical (unpaired) electrons. The highest BCUT2D eigenvalue weighted by atomic mass is 32.1. The topological polar surface area (TPSA) is 81.8 Å². The first kappa shape index (κ1) is 22.7. The van der Waals surface area contributed by atoms with E-state index in [1.165, 1.54) is 4.88 Å². The number of thiophene rings is 1. The van der Waals surface area contributed by atoms with E-state index in [1.807, 2.05) is 38.1 Å². The van der Waals surface area contributed by atoms with E-state index in [-0.39, 0.29) is 12.2 Å². The van der Waals surface area contributed by atoms with Crippen LogP contribution in [0.5, 0.6) is 0 Å². The lowest BCUT2D eigenvalue weighted by Crippen LogP contribution is -2.28. The van der Waals surface area contributed by atoms with Gasteiger partial charge < -0.3 is 19.0 Å². The first-order valence-electron chi connectivity index (χ1n) is 11.0. The minimum Gasteiger partial charge on any atom is -0.478 e. The predicted molar refractivity (Wildman–Crippen MR) is 123 cm³/mol. The maximum absolute atomic E-state index is 11.6. The summed E-state index contributed by atoms with van der Waals surface area (Å²) < 4.78 is 18.1. The molecule has 0 aliphatic heterocycles. The number of hydrogen-bond donors (Lipinski definition) is 1. The van der Waals surface area contributed by atoms with E-state index in [2.05, 4.69) is 18.0 Å². The minimum absolute atomic E-state index is 0.0546. The molecule has 1 saturated carbocycles. The highest BCUT2D eigenvalue weighted by molar-refractivity contribution is 7.15. The number of carboxylic acids is 1. The Morgan fingerprint density at radius 3 is 2.56 bits per heavy atom. The molecule has 0 amide bonds. The average Bonchev–Trinajstić information content (AvgIpc) is 3.36. The monoisotopic (exact) mass is 455 g/mol. The van der Waals surface area contributed by atoms with Gasteiger partial charge in [0.25, 0.3) is 0 Å². The van der Waals surface area contributed by atoms with Gasteiger partial charge >= 0.3 is 5.97 Å². The Labute approximate surface area is 192 Å². The van der Waals surface area contributed by atoms with E-state index in [4.69, 9.17) is 13.9 Å². The second kappa shape index (κ2) is 9.98. The van der Waals surface area contributed by atoms with Crippen LogP contribution >= 0.6 is 11.3 Å². The zero-order valence-electron chi connectivity index (χ0n) is 18.7. The van der Waals surface area contributed by atoms with Crippen molar-refractivity contribution in [1.82, 2.24) is 4.98 Å². The smallest absolute Gasteiger partial charge is 0.336 e. The largest absolute Gasteiger partial charge is 0.478 e. The standard InChI is InChI=1S/C25H29NO5S/c1-15-6-4-7-18(23(15)25(27)28)13-29-19-8-5-9-20(12-19)30-14-21-17(3)31-24(26-21)22-11-10-16(2)32-22/h4,6-7,10-11,19-20H,5,8-9,12-14H2,1-3H3,(H,27,28)/t19?,20-/m0/s1. The number of benzene rings is 1. The van der Waals surface area contributed by atoms with Crippen molar-refractivity contribution in [3.8, 4) is 10.8 Å². The zero-order chi connectivity index (χ0) is 22.7. The van der Waals surface area contributed by atoms with Gasteiger partial charge in [-0.15, -0.1) is 11.3 Å². The summed E-state index contributed by atoms with van der Waals surface area (Å²) in [5, 5.41) is 9.51. The SMILES string of the molecule is Cc1ccc(-c2nc(CO[C@H]3CCCC(OCc4cccc(C)c4C(=O)O)C3)c(C)o2)s1. The molecule has 3 aromatic rings. The van der Waals surface area contributed by atoms with Crippen LogP contribution in [-0.4, -0.2) is 28.3 Å². The Morgan fingerprint density at radius 2 is 1.88 bits per heavy atom. The van der Waals surface area contributed by atoms with E-state index in [0.717, 1.165) is 53.1 Å². The fraction of sp³-hybridized carbons (Fsp3) is 0.440. The Morgan fingerprint density at radius 1 is 1.12 bits per heavy atom. The molecular weight excluding hydrogens is 426 g/mol. The second-order valence-electron chi connectivity index (χ2n) is 8.38. The van der Waals surface area contributed by atoms with Gasteiger partial charge in [0.2, 0.25) is 5.89 Å². The molecule has 1 unspecified atom stereocenters. The Balaban J connectivity index is 1.32. The predicted octanol–water partition coefficient (Wildman–Crippen LogP) is 6.07. The number of ether oxygens (including phenoxy) is 2.